The topological polar surface area (TPSA) is 88.0 Å². The Kier molecular flexibility index (Phi) is 10.5. The van der Waals surface area contributed by atoms with Crippen LogP contribution in [-0.2, 0) is 14.3 Å². The van der Waals surface area contributed by atoms with Gasteiger partial charge in [-0.15, -0.1) is 0 Å². The van der Waals surface area contributed by atoms with Gasteiger partial charge in [-0.05, 0) is 42.5 Å². The summed E-state index contributed by atoms with van der Waals surface area (Å²) in [5.74, 6) is -2.44. The third-order valence-corrected chi connectivity index (χ3v) is 7.79. The number of carbonyl (C=O) groups excluding carboxylic acids is 1. The predicted molar refractivity (Wildman–Crippen MR) is 156 cm³/mol. The summed E-state index contributed by atoms with van der Waals surface area (Å²) in [6.07, 6.45) is 11.1. The van der Waals surface area contributed by atoms with Crippen molar-refractivity contribution < 1.29 is 19.4 Å². The molecule has 1 aliphatic carbocycles. The van der Waals surface area contributed by atoms with Gasteiger partial charge in [-0.25, -0.2) is 0 Å². The van der Waals surface area contributed by atoms with Gasteiger partial charge in [0.2, 0.25) is 5.91 Å². The van der Waals surface area contributed by atoms with Gasteiger partial charge in [0.05, 0.1) is 12.3 Å². The summed E-state index contributed by atoms with van der Waals surface area (Å²) in [6, 6.07) is 16.9. The number of ether oxygens (including phenoxy) is 1. The highest BCUT2D eigenvalue weighted by molar-refractivity contribution is 6.30. The van der Waals surface area contributed by atoms with Crippen LogP contribution in [0.15, 0.2) is 76.9 Å². The fourth-order valence-corrected chi connectivity index (χ4v) is 5.79. The lowest BCUT2D eigenvalue weighted by Crippen LogP contribution is -2.39. The van der Waals surface area contributed by atoms with Gasteiger partial charge in [-0.2, -0.15) is 0 Å². The minimum Gasteiger partial charge on any atom is -0.481 e. The summed E-state index contributed by atoms with van der Waals surface area (Å²) in [5, 5.41) is 13.6. The van der Waals surface area contributed by atoms with Crippen molar-refractivity contribution in [1.29, 1.82) is 0 Å². The summed E-state index contributed by atoms with van der Waals surface area (Å²) < 4.78 is 6.06. The average Bonchev–Trinajstić information content (AvgIpc) is 2.94. The van der Waals surface area contributed by atoms with E-state index in [9.17, 15) is 14.7 Å². The van der Waals surface area contributed by atoms with E-state index in [0.29, 0.717) is 40.1 Å². The van der Waals surface area contributed by atoms with Crippen LogP contribution < -0.4 is 5.32 Å². The highest BCUT2D eigenvalue weighted by Gasteiger charge is 2.41. The first-order chi connectivity index (χ1) is 18.9. The van der Waals surface area contributed by atoms with Crippen molar-refractivity contribution in [2.24, 2.45) is 16.8 Å². The van der Waals surface area contributed by atoms with Gasteiger partial charge >= 0.3 is 5.97 Å². The molecule has 39 heavy (non-hydrogen) atoms. The van der Waals surface area contributed by atoms with Crippen LogP contribution in [0.25, 0.3) is 6.08 Å². The van der Waals surface area contributed by atoms with Crippen molar-refractivity contribution >= 4 is 35.3 Å². The van der Waals surface area contributed by atoms with Crippen LogP contribution in [0.2, 0.25) is 5.02 Å². The molecule has 2 aliphatic rings. The third-order valence-electron chi connectivity index (χ3n) is 7.56. The molecule has 1 saturated carbocycles. The Balaban J connectivity index is 1.59. The summed E-state index contributed by atoms with van der Waals surface area (Å²) in [5.41, 5.74) is 2.93. The Bertz CT molecular complexity index is 1230. The van der Waals surface area contributed by atoms with Crippen LogP contribution in [0.3, 0.4) is 0 Å². The Morgan fingerprint density at radius 1 is 1.10 bits per heavy atom. The van der Waals surface area contributed by atoms with Crippen molar-refractivity contribution in [2.45, 2.75) is 51.4 Å². The number of carboxylic acids is 1. The first-order valence-corrected chi connectivity index (χ1v) is 14.2. The second kappa shape index (κ2) is 14.2. The summed E-state index contributed by atoms with van der Waals surface area (Å²) in [6.45, 7) is 2.73. The fraction of sp³-hybridized carbons (Fsp3) is 0.406. The Morgan fingerprint density at radius 3 is 2.59 bits per heavy atom. The number of rotatable bonds is 11. The maximum atomic E-state index is 13.7. The lowest BCUT2D eigenvalue weighted by atomic mass is 9.75. The van der Waals surface area contributed by atoms with Crippen LogP contribution >= 0.6 is 11.6 Å². The van der Waals surface area contributed by atoms with Crippen molar-refractivity contribution in [3.05, 3.63) is 88.1 Å². The molecule has 0 radical (unpaired) electrons. The van der Waals surface area contributed by atoms with Gasteiger partial charge in [0, 0.05) is 35.4 Å². The number of benzene rings is 2. The van der Waals surface area contributed by atoms with E-state index in [1.165, 1.54) is 32.1 Å². The molecule has 2 unspecified atom stereocenters. The number of hydrogen-bond donors (Lipinski definition) is 2. The molecule has 1 fully saturated rings. The standard InChI is InChI=1S/C32H37ClN2O4/c1-22-28(32(37)38)29(25-15-8-16-26(33)20-25)30(31(36)34-18-9-14-23-10-4-2-5-11-23)27(35-22)21-39-19-17-24-12-6-3-7-13-24/h2,4-5,8-11,14-16,20,24,28-29H,3,6-7,12-13,17-19,21H2,1H3,(H,34,36)(H,37,38). The van der Waals surface area contributed by atoms with Gasteiger partial charge in [0.1, 0.15) is 5.92 Å². The van der Waals surface area contributed by atoms with Crippen molar-refractivity contribution in [1.82, 2.24) is 5.32 Å². The van der Waals surface area contributed by atoms with E-state index in [1.54, 1.807) is 25.1 Å². The number of carboxylic acid groups (broad SMARTS) is 1. The molecule has 206 valence electrons. The van der Waals surface area contributed by atoms with Crippen LogP contribution in [0.5, 0.6) is 0 Å². The van der Waals surface area contributed by atoms with E-state index in [2.05, 4.69) is 10.3 Å². The lowest BCUT2D eigenvalue weighted by molar-refractivity contribution is -0.139. The smallest absolute Gasteiger partial charge is 0.313 e. The minimum absolute atomic E-state index is 0.149. The average molecular weight is 549 g/mol. The molecular weight excluding hydrogens is 512 g/mol. The quantitative estimate of drug-likeness (QED) is 0.307. The zero-order valence-electron chi connectivity index (χ0n) is 22.4. The molecule has 1 amide bonds. The zero-order valence-corrected chi connectivity index (χ0v) is 23.2. The number of hydrogen-bond acceptors (Lipinski definition) is 4. The molecular formula is C32H37ClN2O4. The highest BCUT2D eigenvalue weighted by Crippen LogP contribution is 2.40. The van der Waals surface area contributed by atoms with Crippen LogP contribution in [-0.4, -0.2) is 42.5 Å². The van der Waals surface area contributed by atoms with Crippen molar-refractivity contribution in [2.75, 3.05) is 19.8 Å². The molecule has 1 heterocycles. The molecule has 2 atom stereocenters. The van der Waals surface area contributed by atoms with Crippen molar-refractivity contribution in [3.8, 4) is 0 Å². The van der Waals surface area contributed by atoms with E-state index >= 15 is 0 Å². The summed E-state index contributed by atoms with van der Waals surface area (Å²) in [4.78, 5) is 30.8. The monoisotopic (exact) mass is 548 g/mol. The van der Waals surface area contributed by atoms with Gasteiger partial charge in [-0.3, -0.25) is 14.6 Å². The number of carbonyl (C=O) groups is 2. The molecule has 2 N–H and O–H groups in total. The maximum Gasteiger partial charge on any atom is 0.313 e. The van der Waals surface area contributed by atoms with E-state index in [1.807, 2.05) is 48.6 Å². The molecule has 0 aromatic heterocycles. The molecule has 1 aliphatic heterocycles. The molecule has 0 spiro atoms. The van der Waals surface area contributed by atoms with Gasteiger partial charge in [0.15, 0.2) is 0 Å². The van der Waals surface area contributed by atoms with Crippen LogP contribution in [0, 0.1) is 11.8 Å². The first kappa shape index (κ1) is 28.8. The van der Waals surface area contributed by atoms with E-state index < -0.39 is 17.8 Å². The molecule has 2 aromatic carbocycles. The number of nitrogens with zero attached hydrogens (tertiary/aromatic N) is 1. The molecule has 6 nitrogen and oxygen atoms in total. The minimum atomic E-state index is -1.03. The number of aliphatic carboxylic acids is 1. The predicted octanol–water partition coefficient (Wildman–Crippen LogP) is 6.67. The molecule has 0 saturated heterocycles. The number of aliphatic imine (C=N–C) groups is 1. The highest BCUT2D eigenvalue weighted by atomic mass is 35.5. The molecule has 0 bridgehead atoms. The van der Waals surface area contributed by atoms with Crippen LogP contribution in [0.1, 0.15) is 62.5 Å². The van der Waals surface area contributed by atoms with Gasteiger partial charge in [-0.1, -0.05) is 98.3 Å². The van der Waals surface area contributed by atoms with E-state index in [-0.39, 0.29) is 19.1 Å². The molecule has 2 aromatic rings. The van der Waals surface area contributed by atoms with Gasteiger partial charge < -0.3 is 15.2 Å². The van der Waals surface area contributed by atoms with Crippen molar-refractivity contribution in [3.63, 3.8) is 0 Å². The fourth-order valence-electron chi connectivity index (χ4n) is 5.59. The second-order valence-electron chi connectivity index (χ2n) is 10.3. The Hall–Kier alpha value is -3.22. The number of halogens is 1. The third kappa shape index (κ3) is 7.90. The molecule has 4 rings (SSSR count). The summed E-state index contributed by atoms with van der Waals surface area (Å²) in [7, 11) is 0. The first-order valence-electron chi connectivity index (χ1n) is 13.8. The number of nitrogens with one attached hydrogen (secondary N) is 1. The maximum absolute atomic E-state index is 13.7. The van der Waals surface area contributed by atoms with E-state index in [4.69, 9.17) is 16.3 Å². The second-order valence-corrected chi connectivity index (χ2v) is 10.8. The normalized spacial score (nSPS) is 20.2. The summed E-state index contributed by atoms with van der Waals surface area (Å²) >= 11 is 6.30. The SMILES string of the molecule is CC1=NC(COCCC2CCCCC2)=C(C(=O)NCC=Cc2ccccc2)C(c2cccc(Cl)c2)C1C(=O)O. The Morgan fingerprint density at radius 2 is 1.87 bits per heavy atom. The van der Waals surface area contributed by atoms with E-state index in [0.717, 1.165) is 12.0 Å². The van der Waals surface area contributed by atoms with Crippen LogP contribution in [0.4, 0.5) is 0 Å². The number of amides is 1. The molecule has 7 heteroatoms. The lowest BCUT2D eigenvalue weighted by Gasteiger charge is -2.32. The largest absolute Gasteiger partial charge is 0.481 e. The Labute approximate surface area is 235 Å². The van der Waals surface area contributed by atoms with Gasteiger partial charge in [0.25, 0.3) is 0 Å². The zero-order chi connectivity index (χ0) is 27.6.